The molecule has 5 heteroatoms. The minimum Gasteiger partial charge on any atom is -0.497 e. The molecule has 4 nitrogen and oxygen atoms in total. The summed E-state index contributed by atoms with van der Waals surface area (Å²) in [7, 11) is 3.67. The first-order valence-electron chi connectivity index (χ1n) is 7.80. The van der Waals surface area contributed by atoms with Crippen LogP contribution in [0.25, 0.3) is 11.4 Å². The first-order valence-corrected chi connectivity index (χ1v) is 8.79. The van der Waals surface area contributed by atoms with Crippen molar-refractivity contribution in [2.45, 2.75) is 24.8 Å². The van der Waals surface area contributed by atoms with Crippen molar-refractivity contribution in [3.05, 3.63) is 59.2 Å². The molecule has 24 heavy (non-hydrogen) atoms. The van der Waals surface area contributed by atoms with Gasteiger partial charge in [0.2, 0.25) is 0 Å². The first-order chi connectivity index (χ1) is 11.6. The van der Waals surface area contributed by atoms with Crippen molar-refractivity contribution in [1.29, 1.82) is 0 Å². The zero-order chi connectivity index (χ0) is 17.1. The molecule has 0 N–H and O–H groups in total. The summed E-state index contributed by atoms with van der Waals surface area (Å²) in [5.74, 6) is 2.59. The van der Waals surface area contributed by atoms with Crippen molar-refractivity contribution in [2.24, 2.45) is 7.05 Å². The topological polar surface area (TPSA) is 39.9 Å². The highest BCUT2D eigenvalue weighted by atomic mass is 32.2. The molecule has 0 radical (unpaired) electrons. The molecule has 1 heterocycles. The van der Waals surface area contributed by atoms with Crippen molar-refractivity contribution in [3.63, 3.8) is 0 Å². The Labute approximate surface area is 146 Å². The number of thioether (sulfide) groups is 1. The summed E-state index contributed by atoms with van der Waals surface area (Å²) in [6.45, 7) is 4.26. The van der Waals surface area contributed by atoms with E-state index >= 15 is 0 Å². The number of methoxy groups -OCH3 is 1. The fourth-order valence-electron chi connectivity index (χ4n) is 2.73. The minimum atomic E-state index is 0.838. The molecule has 3 rings (SSSR count). The van der Waals surface area contributed by atoms with E-state index in [0.29, 0.717) is 0 Å². The van der Waals surface area contributed by atoms with Gasteiger partial charge in [-0.3, -0.25) is 0 Å². The van der Waals surface area contributed by atoms with E-state index in [9.17, 15) is 0 Å². The van der Waals surface area contributed by atoms with Gasteiger partial charge in [-0.1, -0.05) is 41.1 Å². The highest BCUT2D eigenvalue weighted by Gasteiger charge is 2.11. The molecule has 124 valence electrons. The van der Waals surface area contributed by atoms with Gasteiger partial charge in [0.05, 0.1) is 7.11 Å². The maximum Gasteiger partial charge on any atom is 0.191 e. The molecule has 0 amide bonds. The number of hydrogen-bond donors (Lipinski definition) is 0. The smallest absolute Gasteiger partial charge is 0.191 e. The van der Waals surface area contributed by atoms with Crippen LogP contribution in [0.5, 0.6) is 5.75 Å². The van der Waals surface area contributed by atoms with Gasteiger partial charge in [-0.2, -0.15) is 0 Å². The Hall–Kier alpha value is -2.27. The predicted octanol–water partition coefficient (Wildman–Crippen LogP) is 4.40. The van der Waals surface area contributed by atoms with Crippen molar-refractivity contribution in [2.75, 3.05) is 7.11 Å². The van der Waals surface area contributed by atoms with E-state index in [0.717, 1.165) is 28.0 Å². The van der Waals surface area contributed by atoms with E-state index in [4.69, 9.17) is 4.74 Å². The van der Waals surface area contributed by atoms with Crippen LogP contribution >= 0.6 is 11.8 Å². The summed E-state index contributed by atoms with van der Waals surface area (Å²) in [5, 5.41) is 9.60. The molecular formula is C19H21N3OS. The number of benzene rings is 2. The van der Waals surface area contributed by atoms with Crippen molar-refractivity contribution in [3.8, 4) is 17.1 Å². The molecule has 0 unspecified atom stereocenters. The monoisotopic (exact) mass is 339 g/mol. The minimum absolute atomic E-state index is 0.838. The quantitative estimate of drug-likeness (QED) is 0.646. The first kappa shape index (κ1) is 16.6. The molecule has 0 aliphatic carbocycles. The molecule has 0 aliphatic heterocycles. The number of aromatic nitrogens is 3. The molecule has 0 spiro atoms. The molecule has 2 aromatic carbocycles. The van der Waals surface area contributed by atoms with Gasteiger partial charge in [-0.25, -0.2) is 0 Å². The summed E-state index contributed by atoms with van der Waals surface area (Å²) in [6, 6.07) is 14.5. The molecule has 3 aromatic rings. The van der Waals surface area contributed by atoms with Crippen LogP contribution in [0.4, 0.5) is 0 Å². The molecule has 0 fully saturated rings. The normalized spacial score (nSPS) is 10.8. The van der Waals surface area contributed by atoms with E-state index in [2.05, 4.69) is 42.2 Å². The van der Waals surface area contributed by atoms with Crippen LogP contribution in [0.1, 0.15) is 16.7 Å². The Bertz CT molecular complexity index is 820. The van der Waals surface area contributed by atoms with Gasteiger partial charge in [-0.05, 0) is 43.7 Å². The van der Waals surface area contributed by atoms with Crippen LogP contribution in [0.15, 0.2) is 47.6 Å². The van der Waals surface area contributed by atoms with E-state index in [1.54, 1.807) is 18.9 Å². The Morgan fingerprint density at radius 2 is 1.67 bits per heavy atom. The maximum atomic E-state index is 5.20. The number of hydrogen-bond acceptors (Lipinski definition) is 4. The lowest BCUT2D eigenvalue weighted by Gasteiger charge is -2.06. The lowest BCUT2D eigenvalue weighted by atomic mass is 10.1. The third kappa shape index (κ3) is 3.62. The van der Waals surface area contributed by atoms with Crippen LogP contribution in [0.3, 0.4) is 0 Å². The summed E-state index contributed by atoms with van der Waals surface area (Å²) in [4.78, 5) is 0. The predicted molar refractivity (Wildman–Crippen MR) is 98.5 cm³/mol. The van der Waals surface area contributed by atoms with Gasteiger partial charge >= 0.3 is 0 Å². The van der Waals surface area contributed by atoms with Gasteiger partial charge in [0.15, 0.2) is 11.0 Å². The second kappa shape index (κ2) is 7.09. The van der Waals surface area contributed by atoms with Crippen molar-refractivity contribution in [1.82, 2.24) is 14.8 Å². The van der Waals surface area contributed by atoms with Gasteiger partial charge in [0, 0.05) is 18.4 Å². The fraction of sp³-hybridized carbons (Fsp3) is 0.263. The molecule has 0 bridgehead atoms. The Morgan fingerprint density at radius 1 is 1.00 bits per heavy atom. The summed E-state index contributed by atoms with van der Waals surface area (Å²) >= 11 is 1.71. The van der Waals surface area contributed by atoms with Gasteiger partial charge in [0.1, 0.15) is 5.75 Å². The fourth-order valence-corrected chi connectivity index (χ4v) is 3.57. The average Bonchev–Trinajstić information content (AvgIpc) is 2.93. The van der Waals surface area contributed by atoms with E-state index in [-0.39, 0.29) is 0 Å². The number of rotatable bonds is 5. The molecule has 0 atom stereocenters. The molecule has 0 aliphatic rings. The summed E-state index contributed by atoms with van der Waals surface area (Å²) in [5.41, 5.74) is 4.93. The van der Waals surface area contributed by atoms with Crippen LogP contribution in [0.2, 0.25) is 0 Å². The van der Waals surface area contributed by atoms with E-state index in [1.807, 2.05) is 35.9 Å². The molecule has 0 saturated carbocycles. The van der Waals surface area contributed by atoms with Crippen LogP contribution < -0.4 is 4.74 Å². The Kier molecular flexibility index (Phi) is 4.90. The average molecular weight is 339 g/mol. The van der Waals surface area contributed by atoms with Crippen LogP contribution in [0, 0.1) is 13.8 Å². The lowest BCUT2D eigenvalue weighted by Crippen LogP contribution is -1.95. The highest BCUT2D eigenvalue weighted by Crippen LogP contribution is 2.26. The summed E-state index contributed by atoms with van der Waals surface area (Å²) in [6.07, 6.45) is 0. The van der Waals surface area contributed by atoms with Gasteiger partial charge in [0.25, 0.3) is 0 Å². The zero-order valence-electron chi connectivity index (χ0n) is 14.4. The SMILES string of the molecule is COc1ccc(-c2nnc(SCc3cc(C)cc(C)c3)n2C)cc1. The standard InChI is InChI=1S/C19H21N3OS/c1-13-9-14(2)11-15(10-13)12-24-19-21-20-18(22(19)3)16-5-7-17(23-4)8-6-16/h5-11H,12H2,1-4H3. The third-order valence-electron chi connectivity index (χ3n) is 3.83. The zero-order valence-corrected chi connectivity index (χ0v) is 15.2. The Morgan fingerprint density at radius 3 is 2.29 bits per heavy atom. The van der Waals surface area contributed by atoms with Crippen LogP contribution in [-0.4, -0.2) is 21.9 Å². The van der Waals surface area contributed by atoms with E-state index < -0.39 is 0 Å². The second-order valence-corrected chi connectivity index (χ2v) is 6.82. The molecular weight excluding hydrogens is 318 g/mol. The Balaban J connectivity index is 1.76. The van der Waals surface area contributed by atoms with Gasteiger partial charge in [-0.15, -0.1) is 10.2 Å². The van der Waals surface area contributed by atoms with E-state index in [1.165, 1.54) is 16.7 Å². The van der Waals surface area contributed by atoms with Gasteiger partial charge < -0.3 is 9.30 Å². The maximum absolute atomic E-state index is 5.20. The largest absolute Gasteiger partial charge is 0.497 e. The number of nitrogens with zero attached hydrogens (tertiary/aromatic N) is 3. The van der Waals surface area contributed by atoms with Crippen molar-refractivity contribution >= 4 is 11.8 Å². The number of ether oxygens (including phenoxy) is 1. The summed E-state index contributed by atoms with van der Waals surface area (Å²) < 4.78 is 7.24. The lowest BCUT2D eigenvalue weighted by molar-refractivity contribution is 0.415. The molecule has 1 aromatic heterocycles. The third-order valence-corrected chi connectivity index (χ3v) is 4.92. The van der Waals surface area contributed by atoms with Crippen LogP contribution in [-0.2, 0) is 12.8 Å². The second-order valence-electron chi connectivity index (χ2n) is 5.88. The highest BCUT2D eigenvalue weighted by molar-refractivity contribution is 7.98. The van der Waals surface area contributed by atoms with Crippen molar-refractivity contribution < 1.29 is 4.74 Å². The molecule has 0 saturated heterocycles. The number of aryl methyl sites for hydroxylation is 2.